The molecule has 2 aromatic rings. The van der Waals surface area contributed by atoms with E-state index in [9.17, 15) is 9.59 Å². The van der Waals surface area contributed by atoms with Gasteiger partial charge in [-0.1, -0.05) is 69.1 Å². The molecule has 0 N–H and O–H groups in total. The van der Waals surface area contributed by atoms with Gasteiger partial charge in [0, 0.05) is 25.8 Å². The zero-order chi connectivity index (χ0) is 25.8. The fourth-order valence-electron chi connectivity index (χ4n) is 4.84. The minimum atomic E-state index is -0.188. The first kappa shape index (κ1) is 26.8. The average molecular weight is 529 g/mol. The van der Waals surface area contributed by atoms with Crippen molar-refractivity contribution in [1.29, 1.82) is 0 Å². The largest absolute Gasteiger partial charge is 0.372 e. The molecule has 7 nitrogen and oxygen atoms in total. The van der Waals surface area contributed by atoms with Gasteiger partial charge in [0.1, 0.15) is 15.8 Å². The lowest BCUT2D eigenvalue weighted by Gasteiger charge is -2.36. The number of nitrogens with zero attached hydrogens (tertiary/aromatic N) is 4. The molecule has 2 aliphatic rings. The van der Waals surface area contributed by atoms with E-state index in [-0.39, 0.29) is 23.7 Å². The molecule has 0 aliphatic carbocycles. The number of anilines is 1. The highest BCUT2D eigenvalue weighted by atomic mass is 32.2. The lowest BCUT2D eigenvalue weighted by Crippen LogP contribution is -2.46. The van der Waals surface area contributed by atoms with Crippen molar-refractivity contribution in [2.75, 3.05) is 24.5 Å². The number of hydrogen-bond acceptors (Lipinski definition) is 7. The normalized spacial score (nSPS) is 21.8. The number of thioether (sulfide) groups is 1. The molecule has 194 valence electrons. The first-order chi connectivity index (χ1) is 17.3. The Labute approximate surface area is 222 Å². The monoisotopic (exact) mass is 528 g/mol. The molecule has 2 aliphatic heterocycles. The topological polar surface area (TPSA) is 67.2 Å². The predicted molar refractivity (Wildman–Crippen MR) is 152 cm³/mol. The van der Waals surface area contributed by atoms with Crippen molar-refractivity contribution in [2.24, 2.45) is 0 Å². The number of ether oxygens (including phenoxy) is 1. The maximum absolute atomic E-state index is 13.7. The van der Waals surface area contributed by atoms with Crippen LogP contribution in [0.15, 0.2) is 28.0 Å². The molecule has 2 atom stereocenters. The maximum atomic E-state index is 13.7. The minimum absolute atomic E-state index is 0.00964. The number of unbranched alkanes of at least 4 members (excludes halogenated alkanes) is 5. The van der Waals surface area contributed by atoms with Crippen LogP contribution in [0.25, 0.3) is 11.7 Å². The van der Waals surface area contributed by atoms with Crippen molar-refractivity contribution in [2.45, 2.75) is 78.4 Å². The van der Waals surface area contributed by atoms with Gasteiger partial charge >= 0.3 is 0 Å². The Balaban J connectivity index is 1.66. The van der Waals surface area contributed by atoms with E-state index in [1.54, 1.807) is 21.6 Å². The van der Waals surface area contributed by atoms with Gasteiger partial charge in [0.05, 0.1) is 22.7 Å². The number of pyridine rings is 1. The zero-order valence-electron chi connectivity index (χ0n) is 21.7. The smallest absolute Gasteiger partial charge is 0.267 e. The summed E-state index contributed by atoms with van der Waals surface area (Å²) in [4.78, 5) is 36.2. The van der Waals surface area contributed by atoms with Gasteiger partial charge in [-0.25, -0.2) is 4.98 Å². The summed E-state index contributed by atoms with van der Waals surface area (Å²) in [6.45, 7) is 10.1. The van der Waals surface area contributed by atoms with E-state index in [0.717, 1.165) is 18.4 Å². The van der Waals surface area contributed by atoms with Gasteiger partial charge in [0.15, 0.2) is 0 Å². The molecular formula is C27H36N4O3S2. The fourth-order valence-corrected chi connectivity index (χ4v) is 6.13. The lowest BCUT2D eigenvalue weighted by atomic mass is 10.1. The Morgan fingerprint density at radius 2 is 1.81 bits per heavy atom. The zero-order valence-corrected chi connectivity index (χ0v) is 23.3. The number of carbonyl (C=O) groups excluding carboxylic acids is 1. The first-order valence-electron chi connectivity index (χ1n) is 13.0. The third-order valence-electron chi connectivity index (χ3n) is 6.59. The molecule has 0 spiro atoms. The molecule has 2 aromatic heterocycles. The molecule has 0 saturated carbocycles. The summed E-state index contributed by atoms with van der Waals surface area (Å²) in [5.41, 5.74) is 1.77. The molecule has 0 bridgehead atoms. The molecule has 0 aromatic carbocycles. The first-order valence-corrected chi connectivity index (χ1v) is 14.2. The van der Waals surface area contributed by atoms with E-state index in [0.29, 0.717) is 45.9 Å². The van der Waals surface area contributed by atoms with Crippen molar-refractivity contribution in [3.63, 3.8) is 0 Å². The number of carbonyl (C=O) groups is 1. The van der Waals surface area contributed by atoms with Gasteiger partial charge in [0.25, 0.3) is 11.5 Å². The molecule has 4 rings (SSSR count). The molecule has 4 heterocycles. The van der Waals surface area contributed by atoms with Crippen molar-refractivity contribution in [3.8, 4) is 0 Å². The average Bonchev–Trinajstić information content (AvgIpc) is 3.09. The highest BCUT2D eigenvalue weighted by Gasteiger charge is 2.33. The Kier molecular flexibility index (Phi) is 8.85. The van der Waals surface area contributed by atoms with Crippen molar-refractivity contribution in [1.82, 2.24) is 14.3 Å². The number of aryl methyl sites for hydroxylation is 1. The number of rotatable bonds is 9. The second-order valence-corrected chi connectivity index (χ2v) is 11.5. The number of amides is 1. The summed E-state index contributed by atoms with van der Waals surface area (Å²) in [6, 6.07) is 3.81. The molecule has 2 unspecified atom stereocenters. The summed E-state index contributed by atoms with van der Waals surface area (Å²) in [6.07, 6.45) is 10.4. The SMILES string of the molecule is CCCCCCCCN1C(=O)C(=Cc2c(N3CC(C)OC(C)C3)nc3ccc(C)cn3c2=O)SC1=S. The highest BCUT2D eigenvalue weighted by molar-refractivity contribution is 8.26. The van der Waals surface area contributed by atoms with Gasteiger partial charge < -0.3 is 9.64 Å². The standard InChI is InChI=1S/C27H36N4O3S2/c1-5-6-7-8-9-10-13-30-26(33)22(36-27(30)35)14-21-24(29-16-19(3)34-20(4)17-29)28-23-12-11-18(2)15-31(23)25(21)32/h11-12,14-15,19-20H,5-10,13,16-17H2,1-4H3. The number of fused-ring (bicyclic) bond motifs is 1. The number of morpholine rings is 1. The number of hydrogen-bond donors (Lipinski definition) is 0. The van der Waals surface area contributed by atoms with Crippen LogP contribution < -0.4 is 10.5 Å². The van der Waals surface area contributed by atoms with Gasteiger partial charge in [-0.3, -0.25) is 18.9 Å². The van der Waals surface area contributed by atoms with Crippen LogP contribution in [0.3, 0.4) is 0 Å². The number of aromatic nitrogens is 2. The Morgan fingerprint density at radius 3 is 2.53 bits per heavy atom. The summed E-state index contributed by atoms with van der Waals surface area (Å²) in [7, 11) is 0. The summed E-state index contributed by atoms with van der Waals surface area (Å²) in [5.74, 6) is 0.467. The molecule has 0 radical (unpaired) electrons. The maximum Gasteiger partial charge on any atom is 0.267 e. The van der Waals surface area contributed by atoms with E-state index >= 15 is 0 Å². The van der Waals surface area contributed by atoms with E-state index in [1.165, 1.54) is 37.4 Å². The second kappa shape index (κ2) is 11.9. The predicted octanol–water partition coefficient (Wildman–Crippen LogP) is 5.18. The Morgan fingerprint density at radius 1 is 1.11 bits per heavy atom. The van der Waals surface area contributed by atoms with Gasteiger partial charge in [-0.15, -0.1) is 0 Å². The van der Waals surface area contributed by atoms with E-state index in [1.807, 2.05) is 32.9 Å². The van der Waals surface area contributed by atoms with Gasteiger partial charge in [-0.2, -0.15) is 0 Å². The summed E-state index contributed by atoms with van der Waals surface area (Å²) >= 11 is 6.82. The van der Waals surface area contributed by atoms with Gasteiger partial charge in [0.2, 0.25) is 0 Å². The van der Waals surface area contributed by atoms with Crippen molar-refractivity contribution in [3.05, 3.63) is 44.7 Å². The van der Waals surface area contributed by atoms with Crippen LogP contribution in [-0.4, -0.2) is 56.4 Å². The van der Waals surface area contributed by atoms with Crippen LogP contribution >= 0.6 is 24.0 Å². The second-order valence-electron chi connectivity index (χ2n) is 9.85. The molecule has 36 heavy (non-hydrogen) atoms. The third-order valence-corrected chi connectivity index (χ3v) is 7.97. The highest BCUT2D eigenvalue weighted by Crippen LogP contribution is 2.34. The summed E-state index contributed by atoms with van der Waals surface area (Å²) < 4.78 is 8.03. The molecule has 1 amide bonds. The molecular weight excluding hydrogens is 492 g/mol. The van der Waals surface area contributed by atoms with Crippen LogP contribution in [0, 0.1) is 6.92 Å². The van der Waals surface area contributed by atoms with Crippen molar-refractivity contribution < 1.29 is 9.53 Å². The molecule has 2 fully saturated rings. The minimum Gasteiger partial charge on any atom is -0.372 e. The Bertz CT molecular complexity index is 1220. The number of thiocarbonyl (C=S) groups is 1. The van der Waals surface area contributed by atoms with Crippen LogP contribution in [0.2, 0.25) is 0 Å². The van der Waals surface area contributed by atoms with Crippen LogP contribution in [0.5, 0.6) is 0 Å². The van der Waals surface area contributed by atoms with Crippen LogP contribution in [-0.2, 0) is 9.53 Å². The lowest BCUT2D eigenvalue weighted by molar-refractivity contribution is -0.122. The fraction of sp³-hybridized carbons (Fsp3) is 0.556. The third kappa shape index (κ3) is 6.01. The van der Waals surface area contributed by atoms with E-state index in [2.05, 4.69) is 11.8 Å². The Hall–Kier alpha value is -2.23. The van der Waals surface area contributed by atoms with Gasteiger partial charge in [-0.05, 0) is 44.9 Å². The van der Waals surface area contributed by atoms with Crippen LogP contribution in [0.1, 0.15) is 70.4 Å². The molecule has 2 saturated heterocycles. The quantitative estimate of drug-likeness (QED) is 0.252. The molecule has 9 heteroatoms. The van der Waals surface area contributed by atoms with Crippen molar-refractivity contribution >= 4 is 51.7 Å². The van der Waals surface area contributed by atoms with E-state index in [4.69, 9.17) is 21.9 Å². The van der Waals surface area contributed by atoms with Crippen LogP contribution in [0.4, 0.5) is 5.82 Å². The van der Waals surface area contributed by atoms with E-state index < -0.39 is 0 Å². The summed E-state index contributed by atoms with van der Waals surface area (Å²) in [5, 5.41) is 0.